The molecule has 1 heterocycles. The van der Waals surface area contributed by atoms with Gasteiger partial charge in [-0.15, -0.1) is 36.2 Å². The number of carbonyl (C=O) groups excluding carboxylic acids is 1. The predicted molar refractivity (Wildman–Crippen MR) is 114 cm³/mol. The summed E-state index contributed by atoms with van der Waals surface area (Å²) in [4.78, 5) is 18.6. The van der Waals surface area contributed by atoms with Crippen molar-refractivity contribution in [3.05, 3.63) is 46.4 Å². The van der Waals surface area contributed by atoms with Crippen molar-refractivity contribution in [2.45, 2.75) is 39.4 Å². The smallest absolute Gasteiger partial charge is 0.241 e. The van der Waals surface area contributed by atoms with Gasteiger partial charge in [0.2, 0.25) is 5.91 Å². The molecule has 0 aliphatic carbocycles. The van der Waals surface area contributed by atoms with Crippen molar-refractivity contribution in [3.63, 3.8) is 0 Å². The number of nitrogens with one attached hydrogen (secondary N) is 1. The molecule has 0 saturated heterocycles. The zero-order chi connectivity index (χ0) is 17.5. The summed E-state index contributed by atoms with van der Waals surface area (Å²) in [5.74, 6) is 0.271. The first-order chi connectivity index (χ1) is 11.4. The molecule has 146 valence electrons. The van der Waals surface area contributed by atoms with Gasteiger partial charge in [0.15, 0.2) is 0 Å². The molecule has 0 unspecified atom stereocenters. The second-order valence-corrected chi connectivity index (χ2v) is 7.30. The van der Waals surface area contributed by atoms with Gasteiger partial charge in [0.25, 0.3) is 0 Å². The van der Waals surface area contributed by atoms with Crippen LogP contribution in [0.2, 0.25) is 0 Å². The quantitative estimate of drug-likeness (QED) is 0.680. The number of nitrogens with two attached hydrogens (primary N) is 1. The van der Waals surface area contributed by atoms with E-state index in [4.69, 9.17) is 5.73 Å². The van der Waals surface area contributed by atoms with Crippen molar-refractivity contribution in [3.8, 4) is 0 Å². The zero-order valence-electron chi connectivity index (χ0n) is 15.3. The summed E-state index contributed by atoms with van der Waals surface area (Å²) in [5.41, 5.74) is 10.8. The van der Waals surface area contributed by atoms with Crippen LogP contribution in [-0.2, 0) is 17.9 Å². The third-order valence-electron chi connectivity index (χ3n) is 3.62. The van der Waals surface area contributed by atoms with E-state index in [-0.39, 0.29) is 30.7 Å². The average molecular weight is 419 g/mol. The van der Waals surface area contributed by atoms with E-state index in [9.17, 15) is 4.79 Å². The van der Waals surface area contributed by atoms with E-state index in [0.717, 1.165) is 30.0 Å². The van der Waals surface area contributed by atoms with Crippen molar-refractivity contribution in [2.75, 3.05) is 12.4 Å². The van der Waals surface area contributed by atoms with Crippen LogP contribution in [0.3, 0.4) is 0 Å². The lowest BCUT2D eigenvalue weighted by atomic mass is 10.0. The van der Waals surface area contributed by atoms with Crippen LogP contribution < -0.4 is 11.1 Å². The van der Waals surface area contributed by atoms with Crippen molar-refractivity contribution in [1.29, 1.82) is 0 Å². The van der Waals surface area contributed by atoms with E-state index in [1.807, 2.05) is 23.7 Å². The van der Waals surface area contributed by atoms with Gasteiger partial charge in [-0.05, 0) is 37.1 Å². The highest BCUT2D eigenvalue weighted by Gasteiger charge is 2.15. The summed E-state index contributed by atoms with van der Waals surface area (Å²) >= 11 is 1.61. The van der Waals surface area contributed by atoms with Crippen molar-refractivity contribution < 1.29 is 4.79 Å². The van der Waals surface area contributed by atoms with Gasteiger partial charge in [0, 0.05) is 24.2 Å². The topological polar surface area (TPSA) is 71.2 Å². The first-order valence-electron chi connectivity index (χ1n) is 8.15. The Bertz CT molecular complexity index is 652. The lowest BCUT2D eigenvalue weighted by molar-refractivity contribution is -0.117. The third kappa shape index (κ3) is 8.47. The Kier molecular flexibility index (Phi) is 11.7. The molecule has 1 atom stereocenters. The van der Waals surface area contributed by atoms with Gasteiger partial charge >= 0.3 is 0 Å². The molecule has 0 bridgehead atoms. The lowest BCUT2D eigenvalue weighted by Crippen LogP contribution is -2.36. The summed E-state index contributed by atoms with van der Waals surface area (Å²) in [7, 11) is 2.06. The Labute approximate surface area is 172 Å². The number of hydrogen-bond acceptors (Lipinski definition) is 5. The predicted octanol–water partition coefficient (Wildman–Crippen LogP) is 3.93. The van der Waals surface area contributed by atoms with E-state index in [1.165, 1.54) is 0 Å². The van der Waals surface area contributed by atoms with Gasteiger partial charge < -0.3 is 11.1 Å². The molecule has 1 amide bonds. The Balaban J connectivity index is 0.00000312. The highest BCUT2D eigenvalue weighted by Crippen LogP contribution is 2.15. The number of nitrogens with zero attached hydrogens (tertiary/aromatic N) is 2. The maximum atomic E-state index is 12.1. The Hall–Kier alpha value is -1.18. The second kappa shape index (κ2) is 12.3. The monoisotopic (exact) mass is 418 g/mol. The fourth-order valence-electron chi connectivity index (χ4n) is 2.56. The van der Waals surface area contributed by atoms with E-state index in [0.29, 0.717) is 12.3 Å². The molecule has 0 aliphatic heterocycles. The number of thiazole rings is 1. The van der Waals surface area contributed by atoms with E-state index >= 15 is 0 Å². The fourth-order valence-corrected chi connectivity index (χ4v) is 3.11. The number of aromatic nitrogens is 1. The van der Waals surface area contributed by atoms with E-state index in [1.54, 1.807) is 11.3 Å². The van der Waals surface area contributed by atoms with Gasteiger partial charge in [0.05, 0.1) is 17.2 Å². The number of benzene rings is 1. The van der Waals surface area contributed by atoms with Crippen molar-refractivity contribution in [1.82, 2.24) is 9.88 Å². The highest BCUT2D eigenvalue weighted by atomic mass is 35.5. The molecular formula is C18H28Cl2N4OS. The van der Waals surface area contributed by atoms with Crippen LogP contribution in [0.5, 0.6) is 0 Å². The fraction of sp³-hybridized carbons (Fsp3) is 0.444. The van der Waals surface area contributed by atoms with Crippen molar-refractivity contribution >= 4 is 47.7 Å². The second-order valence-electron chi connectivity index (χ2n) is 6.58. The van der Waals surface area contributed by atoms with E-state index in [2.05, 4.69) is 47.5 Å². The molecule has 8 heteroatoms. The largest absolute Gasteiger partial charge is 0.325 e. The van der Waals surface area contributed by atoms with Crippen LogP contribution in [0, 0.1) is 5.92 Å². The molecule has 2 aromatic rings. The van der Waals surface area contributed by atoms with Gasteiger partial charge in [-0.3, -0.25) is 9.69 Å². The average Bonchev–Trinajstić information content (AvgIpc) is 2.99. The Morgan fingerprint density at radius 1 is 1.31 bits per heavy atom. The van der Waals surface area contributed by atoms with Crippen molar-refractivity contribution in [2.24, 2.45) is 11.7 Å². The van der Waals surface area contributed by atoms with Crippen LogP contribution in [0.15, 0.2) is 35.2 Å². The molecule has 1 aromatic carbocycles. The van der Waals surface area contributed by atoms with Gasteiger partial charge in [-0.25, -0.2) is 4.98 Å². The molecule has 0 radical (unpaired) electrons. The van der Waals surface area contributed by atoms with Crippen LogP contribution in [0.4, 0.5) is 5.69 Å². The summed E-state index contributed by atoms with van der Waals surface area (Å²) in [5, 5.41) is 4.97. The molecule has 2 rings (SSSR count). The minimum Gasteiger partial charge on any atom is -0.325 e. The molecule has 0 spiro atoms. The minimum atomic E-state index is -0.471. The first-order valence-corrected chi connectivity index (χ1v) is 9.09. The van der Waals surface area contributed by atoms with Gasteiger partial charge in [-0.1, -0.05) is 26.0 Å². The number of amides is 1. The summed E-state index contributed by atoms with van der Waals surface area (Å²) in [6.07, 6.45) is 0.682. The number of rotatable bonds is 8. The number of anilines is 1. The standard InChI is InChI=1S/C18H26N4OS.2ClH/c1-13(2)7-17(19)18(23)21-15-6-4-5-14(8-15)9-22(3)10-16-11-24-12-20-16;;/h4-6,8,11-13,17H,7,9-10,19H2,1-3H3,(H,21,23);2*1H/t17-;;/m0../s1. The molecule has 0 fully saturated rings. The maximum absolute atomic E-state index is 12.1. The number of hydrogen-bond donors (Lipinski definition) is 2. The third-order valence-corrected chi connectivity index (χ3v) is 4.26. The molecule has 0 aliphatic rings. The highest BCUT2D eigenvalue weighted by molar-refractivity contribution is 7.07. The maximum Gasteiger partial charge on any atom is 0.241 e. The first kappa shape index (κ1) is 24.8. The summed E-state index contributed by atoms with van der Waals surface area (Å²) in [6, 6.07) is 7.43. The molecule has 1 aromatic heterocycles. The molecule has 26 heavy (non-hydrogen) atoms. The molecule has 0 saturated carbocycles. The SMILES string of the molecule is CC(C)C[C@H](N)C(=O)Nc1cccc(CN(C)Cc2cscn2)c1.Cl.Cl. The van der Waals surface area contributed by atoms with Gasteiger partial charge in [-0.2, -0.15) is 0 Å². The molecule has 3 N–H and O–H groups in total. The Morgan fingerprint density at radius 3 is 2.65 bits per heavy atom. The summed E-state index contributed by atoms with van der Waals surface area (Å²) < 4.78 is 0. The lowest BCUT2D eigenvalue weighted by Gasteiger charge is -2.17. The normalized spacial score (nSPS) is 11.6. The van der Waals surface area contributed by atoms with E-state index < -0.39 is 6.04 Å². The van der Waals surface area contributed by atoms with Crippen LogP contribution in [0.25, 0.3) is 0 Å². The van der Waals surface area contributed by atoms with Crippen LogP contribution in [0.1, 0.15) is 31.5 Å². The summed E-state index contributed by atoms with van der Waals surface area (Å²) in [6.45, 7) is 5.72. The molecule has 5 nitrogen and oxygen atoms in total. The van der Waals surface area contributed by atoms with Crippen LogP contribution >= 0.6 is 36.2 Å². The Morgan fingerprint density at radius 2 is 2.04 bits per heavy atom. The zero-order valence-corrected chi connectivity index (χ0v) is 17.8. The van der Waals surface area contributed by atoms with Gasteiger partial charge in [0.1, 0.15) is 0 Å². The number of carbonyl (C=O) groups is 1. The molecular weight excluding hydrogens is 391 g/mol. The minimum absolute atomic E-state index is 0. The van der Waals surface area contributed by atoms with Crippen LogP contribution in [-0.4, -0.2) is 28.9 Å². The number of halogens is 2.